The molecule has 18 heavy (non-hydrogen) atoms. The Hall–Kier alpha value is -0.870. The first kappa shape index (κ1) is 15.2. The molecule has 0 heterocycles. The van der Waals surface area contributed by atoms with Gasteiger partial charge in [0, 0.05) is 18.3 Å². The Balaban J connectivity index is 2.67. The molecular formula is C13H19F3O2. The van der Waals surface area contributed by atoms with E-state index in [4.69, 9.17) is 0 Å². The van der Waals surface area contributed by atoms with Crippen molar-refractivity contribution in [3.8, 4) is 0 Å². The van der Waals surface area contributed by atoms with Crippen molar-refractivity contribution in [2.45, 2.75) is 58.0 Å². The van der Waals surface area contributed by atoms with Crippen LogP contribution in [0.5, 0.6) is 0 Å². The molecule has 1 fully saturated rings. The van der Waals surface area contributed by atoms with Crippen LogP contribution in [0.3, 0.4) is 0 Å². The maximum Gasteiger partial charge on any atom is 0.450 e. The second-order valence-corrected chi connectivity index (χ2v) is 4.99. The summed E-state index contributed by atoms with van der Waals surface area (Å²) in [6.45, 7) is 1.75. The Morgan fingerprint density at radius 2 is 2.06 bits per heavy atom. The van der Waals surface area contributed by atoms with Gasteiger partial charge in [0.05, 0.1) is 0 Å². The largest absolute Gasteiger partial charge is 0.450 e. The molecule has 0 aromatic rings. The monoisotopic (exact) mass is 264 g/mol. The average molecular weight is 264 g/mol. The lowest BCUT2D eigenvalue weighted by atomic mass is 9.79. The molecule has 2 atom stereocenters. The van der Waals surface area contributed by atoms with Gasteiger partial charge < -0.3 is 0 Å². The van der Waals surface area contributed by atoms with Gasteiger partial charge in [0.1, 0.15) is 5.78 Å². The van der Waals surface area contributed by atoms with E-state index < -0.39 is 17.9 Å². The highest BCUT2D eigenvalue weighted by molar-refractivity contribution is 5.87. The normalized spacial score (nSPS) is 22.9. The van der Waals surface area contributed by atoms with Gasteiger partial charge in [0.25, 0.3) is 0 Å². The fourth-order valence-electron chi connectivity index (χ4n) is 2.58. The average Bonchev–Trinajstić information content (AvgIpc) is 2.29. The van der Waals surface area contributed by atoms with Crippen LogP contribution < -0.4 is 0 Å². The van der Waals surface area contributed by atoms with Gasteiger partial charge in [-0.3, -0.25) is 9.59 Å². The number of hydrogen-bond acceptors (Lipinski definition) is 2. The summed E-state index contributed by atoms with van der Waals surface area (Å²) in [6.07, 6.45) is -1.21. The number of halogens is 3. The Morgan fingerprint density at radius 3 is 2.56 bits per heavy atom. The molecule has 1 aliphatic rings. The first-order chi connectivity index (χ1) is 8.36. The Bertz CT molecular complexity index is 310. The molecule has 0 aromatic heterocycles. The van der Waals surface area contributed by atoms with Gasteiger partial charge in [0.2, 0.25) is 5.78 Å². The van der Waals surface area contributed by atoms with Crippen LogP contribution in [-0.2, 0) is 9.59 Å². The summed E-state index contributed by atoms with van der Waals surface area (Å²) in [5.74, 6) is -3.02. The molecule has 0 N–H and O–H groups in total. The summed E-state index contributed by atoms with van der Waals surface area (Å²) < 4.78 is 37.3. The van der Waals surface area contributed by atoms with Crippen LogP contribution in [0.2, 0.25) is 0 Å². The van der Waals surface area contributed by atoms with Crippen molar-refractivity contribution in [1.29, 1.82) is 0 Å². The number of hydrogen-bond donors (Lipinski definition) is 0. The highest BCUT2D eigenvalue weighted by Crippen LogP contribution is 2.32. The third-order valence-electron chi connectivity index (χ3n) is 3.54. The van der Waals surface area contributed by atoms with E-state index in [0.717, 1.165) is 12.8 Å². The lowest BCUT2D eigenvalue weighted by molar-refractivity contribution is -0.176. The number of rotatable bonds is 5. The fraction of sp³-hybridized carbons (Fsp3) is 0.846. The van der Waals surface area contributed by atoms with Crippen LogP contribution in [0.15, 0.2) is 0 Å². The molecule has 0 amide bonds. The quantitative estimate of drug-likeness (QED) is 0.759. The lowest BCUT2D eigenvalue weighted by Gasteiger charge is -2.25. The summed E-state index contributed by atoms with van der Waals surface area (Å²) in [4.78, 5) is 22.9. The van der Waals surface area contributed by atoms with E-state index in [1.54, 1.807) is 6.92 Å². The van der Waals surface area contributed by atoms with E-state index in [1.165, 1.54) is 0 Å². The van der Waals surface area contributed by atoms with Gasteiger partial charge in [-0.25, -0.2) is 0 Å². The summed E-state index contributed by atoms with van der Waals surface area (Å²) in [5, 5.41) is 0. The molecule has 0 spiro atoms. The predicted molar refractivity (Wildman–Crippen MR) is 61.0 cm³/mol. The molecule has 0 aliphatic heterocycles. The topological polar surface area (TPSA) is 34.1 Å². The smallest absolute Gasteiger partial charge is 0.299 e. The van der Waals surface area contributed by atoms with Crippen molar-refractivity contribution in [3.05, 3.63) is 0 Å². The molecular weight excluding hydrogens is 245 g/mol. The van der Waals surface area contributed by atoms with Crippen LogP contribution >= 0.6 is 0 Å². The standard InChI is InChI=1S/C13H19F3O2/c1-2-5-10(12(18)13(14,15)16)8-9-6-3-4-7-11(9)17/h9-10H,2-8H2,1H3. The zero-order valence-electron chi connectivity index (χ0n) is 10.6. The maximum absolute atomic E-state index is 12.4. The number of carbonyl (C=O) groups excluding carboxylic acids is 2. The second-order valence-electron chi connectivity index (χ2n) is 4.99. The lowest BCUT2D eigenvalue weighted by Crippen LogP contribution is -2.33. The minimum atomic E-state index is -4.78. The molecule has 1 aliphatic carbocycles. The van der Waals surface area contributed by atoms with Crippen molar-refractivity contribution in [1.82, 2.24) is 0 Å². The Kier molecular flexibility index (Phi) is 5.35. The number of alkyl halides is 3. The second kappa shape index (κ2) is 6.34. The van der Waals surface area contributed by atoms with Crippen molar-refractivity contribution >= 4 is 11.6 Å². The van der Waals surface area contributed by atoms with Crippen LogP contribution in [0.1, 0.15) is 51.9 Å². The predicted octanol–water partition coefficient (Wildman–Crippen LogP) is 3.68. The number of ketones is 2. The summed E-state index contributed by atoms with van der Waals surface area (Å²) in [5.41, 5.74) is 0. The molecule has 0 radical (unpaired) electrons. The van der Waals surface area contributed by atoms with Crippen LogP contribution in [0, 0.1) is 11.8 Å². The van der Waals surface area contributed by atoms with Crippen molar-refractivity contribution in [2.75, 3.05) is 0 Å². The first-order valence-electron chi connectivity index (χ1n) is 6.50. The Labute approximate surface area is 105 Å². The van der Waals surface area contributed by atoms with Gasteiger partial charge in [-0.1, -0.05) is 19.8 Å². The zero-order valence-corrected chi connectivity index (χ0v) is 10.6. The van der Waals surface area contributed by atoms with Gasteiger partial charge in [-0.05, 0) is 25.7 Å². The molecule has 0 saturated heterocycles. The number of Topliss-reactive ketones (excluding diaryl/α,β-unsaturated/α-hetero) is 2. The van der Waals surface area contributed by atoms with E-state index in [9.17, 15) is 22.8 Å². The molecule has 0 aromatic carbocycles. The molecule has 104 valence electrons. The van der Waals surface area contributed by atoms with E-state index in [2.05, 4.69) is 0 Å². The first-order valence-corrected chi connectivity index (χ1v) is 6.50. The molecule has 2 nitrogen and oxygen atoms in total. The highest BCUT2D eigenvalue weighted by Gasteiger charge is 2.43. The summed E-state index contributed by atoms with van der Waals surface area (Å²) in [7, 11) is 0. The molecule has 1 rings (SSSR count). The number of carbonyl (C=O) groups is 2. The molecule has 5 heteroatoms. The van der Waals surface area contributed by atoms with E-state index >= 15 is 0 Å². The van der Waals surface area contributed by atoms with Gasteiger partial charge >= 0.3 is 6.18 Å². The van der Waals surface area contributed by atoms with Crippen molar-refractivity contribution in [3.63, 3.8) is 0 Å². The van der Waals surface area contributed by atoms with Gasteiger partial charge in [-0.15, -0.1) is 0 Å². The van der Waals surface area contributed by atoms with E-state index in [1.807, 2.05) is 0 Å². The van der Waals surface area contributed by atoms with E-state index in [-0.39, 0.29) is 24.5 Å². The highest BCUT2D eigenvalue weighted by atomic mass is 19.4. The Morgan fingerprint density at radius 1 is 1.39 bits per heavy atom. The van der Waals surface area contributed by atoms with Gasteiger partial charge in [0.15, 0.2) is 0 Å². The van der Waals surface area contributed by atoms with Gasteiger partial charge in [-0.2, -0.15) is 13.2 Å². The fourth-order valence-corrected chi connectivity index (χ4v) is 2.58. The minimum absolute atomic E-state index is 0.0253. The maximum atomic E-state index is 12.4. The van der Waals surface area contributed by atoms with Crippen molar-refractivity contribution in [2.24, 2.45) is 11.8 Å². The zero-order chi connectivity index (χ0) is 13.8. The van der Waals surface area contributed by atoms with Crippen LogP contribution in [-0.4, -0.2) is 17.7 Å². The SMILES string of the molecule is CCCC(CC1CCCCC1=O)C(=O)C(F)(F)F. The third-order valence-corrected chi connectivity index (χ3v) is 3.54. The van der Waals surface area contributed by atoms with Crippen LogP contribution in [0.4, 0.5) is 13.2 Å². The minimum Gasteiger partial charge on any atom is -0.299 e. The van der Waals surface area contributed by atoms with Crippen LogP contribution in [0.25, 0.3) is 0 Å². The molecule has 1 saturated carbocycles. The summed E-state index contributed by atoms with van der Waals surface area (Å²) in [6, 6.07) is 0. The van der Waals surface area contributed by atoms with Crippen molar-refractivity contribution < 1.29 is 22.8 Å². The molecule has 0 bridgehead atoms. The summed E-state index contributed by atoms with van der Waals surface area (Å²) >= 11 is 0. The molecule has 2 unspecified atom stereocenters. The van der Waals surface area contributed by atoms with E-state index in [0.29, 0.717) is 19.3 Å². The third kappa shape index (κ3) is 4.10.